The van der Waals surface area contributed by atoms with Crippen LogP contribution < -0.4 is 0 Å². The lowest BCUT2D eigenvalue weighted by Gasteiger charge is -2.38. The molecule has 26 heavy (non-hydrogen) atoms. The Bertz CT molecular complexity index is 661. The second-order valence-electron chi connectivity index (χ2n) is 6.17. The molecule has 140 valence electrons. The fourth-order valence-electron chi connectivity index (χ4n) is 2.85. The highest BCUT2D eigenvalue weighted by Crippen LogP contribution is 2.43. The average Bonchev–Trinajstić information content (AvgIpc) is 2.60. The summed E-state index contributed by atoms with van der Waals surface area (Å²) in [6, 6.07) is 9.28. The van der Waals surface area contributed by atoms with Crippen molar-refractivity contribution in [3.05, 3.63) is 48.0 Å². The smallest absolute Gasteiger partial charge is 0.323 e. The summed E-state index contributed by atoms with van der Waals surface area (Å²) in [5, 5.41) is 0. The van der Waals surface area contributed by atoms with Crippen LogP contribution in [0.25, 0.3) is 0 Å². The molecular weight excluding hydrogens is 336 g/mol. The van der Waals surface area contributed by atoms with Crippen molar-refractivity contribution in [1.82, 2.24) is 0 Å². The van der Waals surface area contributed by atoms with Crippen LogP contribution in [0.4, 0.5) is 0 Å². The van der Waals surface area contributed by atoms with E-state index in [2.05, 4.69) is 0 Å². The van der Waals surface area contributed by atoms with Gasteiger partial charge in [0.2, 0.25) is 0 Å². The van der Waals surface area contributed by atoms with Gasteiger partial charge in [0, 0.05) is 5.92 Å². The van der Waals surface area contributed by atoms with E-state index < -0.39 is 35.2 Å². The number of carbonyl (C=O) groups is 3. The number of allylic oxidation sites excluding steroid dienone is 1. The number of benzene rings is 1. The molecule has 0 fully saturated rings. The summed E-state index contributed by atoms with van der Waals surface area (Å²) in [5.41, 5.74) is -0.726. The van der Waals surface area contributed by atoms with Gasteiger partial charge in [-0.3, -0.25) is 14.4 Å². The first kappa shape index (κ1) is 19.7. The predicted octanol–water partition coefficient (Wildman–Crippen LogP) is 2.66. The minimum absolute atomic E-state index is 0.131. The van der Waals surface area contributed by atoms with Gasteiger partial charge in [-0.25, -0.2) is 0 Å². The number of esters is 3. The molecule has 0 bridgehead atoms. The Morgan fingerprint density at radius 1 is 0.923 bits per heavy atom. The molecule has 0 spiro atoms. The van der Waals surface area contributed by atoms with Gasteiger partial charge in [-0.2, -0.15) is 0 Å². The largest absolute Gasteiger partial charge is 0.465 e. The van der Waals surface area contributed by atoms with Crippen molar-refractivity contribution < 1.29 is 28.6 Å². The summed E-state index contributed by atoms with van der Waals surface area (Å²) in [6.07, 6.45) is 3.29. The van der Waals surface area contributed by atoms with E-state index in [4.69, 9.17) is 14.2 Å². The zero-order valence-electron chi connectivity index (χ0n) is 15.3. The minimum Gasteiger partial charge on any atom is -0.465 e. The van der Waals surface area contributed by atoms with Gasteiger partial charge >= 0.3 is 17.9 Å². The molecule has 0 N–H and O–H groups in total. The SMILES string of the molecule is CCOC(=O)C(C)(C(=O)OCC)[C@H]1C=C[C@@H]1C(=O)OCc1ccccc1. The van der Waals surface area contributed by atoms with E-state index in [0.29, 0.717) is 0 Å². The number of hydrogen-bond donors (Lipinski definition) is 0. The van der Waals surface area contributed by atoms with E-state index in [1.807, 2.05) is 30.3 Å². The van der Waals surface area contributed by atoms with Crippen LogP contribution in [0.5, 0.6) is 0 Å². The quantitative estimate of drug-likeness (QED) is 0.307. The number of carbonyl (C=O) groups excluding carboxylic acids is 3. The van der Waals surface area contributed by atoms with E-state index in [0.717, 1.165) is 5.56 Å². The van der Waals surface area contributed by atoms with Crippen molar-refractivity contribution >= 4 is 17.9 Å². The van der Waals surface area contributed by atoms with E-state index in [1.54, 1.807) is 26.0 Å². The lowest BCUT2D eigenvalue weighted by Crippen LogP contribution is -2.51. The van der Waals surface area contributed by atoms with E-state index in [1.165, 1.54) is 6.92 Å². The Balaban J connectivity index is 2.11. The first-order chi connectivity index (χ1) is 12.4. The number of rotatable bonds is 8. The maximum atomic E-state index is 12.5. The zero-order valence-corrected chi connectivity index (χ0v) is 15.3. The van der Waals surface area contributed by atoms with Crippen LogP contribution in [-0.4, -0.2) is 31.1 Å². The molecule has 0 saturated carbocycles. The summed E-state index contributed by atoms with van der Waals surface area (Å²) in [7, 11) is 0. The van der Waals surface area contributed by atoms with E-state index >= 15 is 0 Å². The highest BCUT2D eigenvalue weighted by atomic mass is 16.6. The highest BCUT2D eigenvalue weighted by molar-refractivity contribution is 6.01. The van der Waals surface area contributed by atoms with Crippen LogP contribution in [0.1, 0.15) is 26.3 Å². The summed E-state index contributed by atoms with van der Waals surface area (Å²) in [5.74, 6) is -3.25. The summed E-state index contributed by atoms with van der Waals surface area (Å²) >= 11 is 0. The van der Waals surface area contributed by atoms with Gasteiger partial charge in [-0.1, -0.05) is 42.5 Å². The van der Waals surface area contributed by atoms with Gasteiger partial charge in [0.15, 0.2) is 5.41 Å². The molecule has 2 rings (SSSR count). The first-order valence-corrected chi connectivity index (χ1v) is 8.68. The Kier molecular flexibility index (Phi) is 6.55. The maximum Gasteiger partial charge on any atom is 0.323 e. The summed E-state index contributed by atoms with van der Waals surface area (Å²) < 4.78 is 15.5. The Labute approximate surface area is 153 Å². The van der Waals surface area contributed by atoms with Gasteiger partial charge in [-0.05, 0) is 26.3 Å². The molecule has 0 aliphatic heterocycles. The molecule has 1 aromatic carbocycles. The van der Waals surface area contributed by atoms with Gasteiger partial charge < -0.3 is 14.2 Å². The highest BCUT2D eigenvalue weighted by Gasteiger charge is 2.56. The molecule has 0 saturated heterocycles. The zero-order chi connectivity index (χ0) is 19.2. The monoisotopic (exact) mass is 360 g/mol. The third kappa shape index (κ3) is 3.95. The number of hydrogen-bond acceptors (Lipinski definition) is 6. The second-order valence-corrected chi connectivity index (χ2v) is 6.17. The molecular formula is C20H24O6. The van der Waals surface area contributed by atoms with Crippen molar-refractivity contribution in [2.24, 2.45) is 17.3 Å². The Hall–Kier alpha value is -2.63. The van der Waals surface area contributed by atoms with E-state index in [-0.39, 0.29) is 19.8 Å². The van der Waals surface area contributed by atoms with Crippen molar-refractivity contribution in [1.29, 1.82) is 0 Å². The Morgan fingerprint density at radius 3 is 1.96 bits per heavy atom. The summed E-state index contributed by atoms with van der Waals surface area (Å²) in [6.45, 7) is 5.17. The molecule has 0 amide bonds. The molecule has 6 heteroatoms. The van der Waals surface area contributed by atoms with Gasteiger partial charge in [0.25, 0.3) is 0 Å². The molecule has 1 aliphatic carbocycles. The molecule has 0 radical (unpaired) electrons. The topological polar surface area (TPSA) is 78.9 Å². The molecule has 1 aliphatic rings. The average molecular weight is 360 g/mol. The van der Waals surface area contributed by atoms with Crippen molar-refractivity contribution in [2.75, 3.05) is 13.2 Å². The van der Waals surface area contributed by atoms with Crippen molar-refractivity contribution in [2.45, 2.75) is 27.4 Å². The predicted molar refractivity (Wildman–Crippen MR) is 93.7 cm³/mol. The van der Waals surface area contributed by atoms with Crippen LogP contribution in [0.15, 0.2) is 42.5 Å². The van der Waals surface area contributed by atoms with Crippen LogP contribution in [-0.2, 0) is 35.2 Å². The van der Waals surface area contributed by atoms with Gasteiger partial charge in [-0.15, -0.1) is 0 Å². The summed E-state index contributed by atoms with van der Waals surface area (Å²) in [4.78, 5) is 37.3. The standard InChI is InChI=1S/C20H24O6/c1-4-24-18(22)20(3,19(23)25-5-2)16-12-11-15(16)17(21)26-13-14-9-7-6-8-10-14/h6-12,15-16H,4-5,13H2,1-3H3/t15-,16-/m0/s1. The minimum atomic E-state index is -1.59. The van der Waals surface area contributed by atoms with Crippen LogP contribution in [0.3, 0.4) is 0 Å². The van der Waals surface area contributed by atoms with E-state index in [9.17, 15) is 14.4 Å². The van der Waals surface area contributed by atoms with Crippen LogP contribution in [0.2, 0.25) is 0 Å². The van der Waals surface area contributed by atoms with Crippen molar-refractivity contribution in [3.63, 3.8) is 0 Å². The molecule has 0 aromatic heterocycles. The van der Waals surface area contributed by atoms with Gasteiger partial charge in [0.1, 0.15) is 6.61 Å². The maximum absolute atomic E-state index is 12.5. The number of ether oxygens (including phenoxy) is 3. The lowest BCUT2D eigenvalue weighted by molar-refractivity contribution is -0.177. The first-order valence-electron chi connectivity index (χ1n) is 8.68. The molecule has 2 atom stereocenters. The van der Waals surface area contributed by atoms with Crippen molar-refractivity contribution in [3.8, 4) is 0 Å². The lowest BCUT2D eigenvalue weighted by atomic mass is 9.64. The fraction of sp³-hybridized carbons (Fsp3) is 0.450. The third-order valence-corrected chi connectivity index (χ3v) is 4.47. The van der Waals surface area contributed by atoms with Crippen LogP contribution in [0, 0.1) is 17.3 Å². The Morgan fingerprint density at radius 2 is 1.50 bits per heavy atom. The molecule has 0 unspecified atom stereocenters. The van der Waals surface area contributed by atoms with Crippen LogP contribution >= 0.6 is 0 Å². The third-order valence-electron chi connectivity index (χ3n) is 4.47. The molecule has 0 heterocycles. The normalized spacial score (nSPS) is 18.6. The molecule has 1 aromatic rings. The second kappa shape index (κ2) is 8.65. The molecule has 6 nitrogen and oxygen atoms in total. The fourth-order valence-corrected chi connectivity index (χ4v) is 2.85. The van der Waals surface area contributed by atoms with Gasteiger partial charge in [0.05, 0.1) is 19.1 Å².